The Morgan fingerprint density at radius 1 is 1.00 bits per heavy atom. The molecule has 0 aliphatic rings. The van der Waals surface area contributed by atoms with Gasteiger partial charge in [0, 0.05) is 5.69 Å². The summed E-state index contributed by atoms with van der Waals surface area (Å²) in [6.07, 6.45) is -4.67. The van der Waals surface area contributed by atoms with E-state index in [9.17, 15) is 30.4 Å². The SMILES string of the molecule is Cc1ccc(NS(=O)(=O)c2cc(F)ccc2F)cc1C(F)(F)F. The third-order valence-corrected chi connectivity index (χ3v) is 4.37. The number of sulfonamides is 1. The molecule has 2 aromatic carbocycles. The largest absolute Gasteiger partial charge is 0.416 e. The maximum absolute atomic E-state index is 13.5. The van der Waals surface area contributed by atoms with Crippen molar-refractivity contribution in [2.75, 3.05) is 4.72 Å². The number of alkyl halides is 3. The van der Waals surface area contributed by atoms with E-state index in [1.807, 2.05) is 4.72 Å². The average molecular weight is 351 g/mol. The Hall–Kier alpha value is -2.16. The lowest BCUT2D eigenvalue weighted by molar-refractivity contribution is -0.138. The summed E-state index contributed by atoms with van der Waals surface area (Å²) < 4.78 is 90.9. The van der Waals surface area contributed by atoms with Gasteiger partial charge in [-0.25, -0.2) is 17.2 Å². The van der Waals surface area contributed by atoms with Gasteiger partial charge in [-0.1, -0.05) is 6.07 Å². The summed E-state index contributed by atoms with van der Waals surface area (Å²) in [5.41, 5.74) is -1.54. The third-order valence-electron chi connectivity index (χ3n) is 2.98. The molecule has 0 spiro atoms. The Balaban J connectivity index is 2.44. The van der Waals surface area contributed by atoms with Crippen LogP contribution in [0.5, 0.6) is 0 Å². The molecule has 0 aromatic heterocycles. The lowest BCUT2D eigenvalue weighted by atomic mass is 10.1. The maximum Gasteiger partial charge on any atom is 0.416 e. The normalized spacial score (nSPS) is 12.3. The van der Waals surface area contributed by atoms with E-state index in [1.54, 1.807) is 0 Å². The monoisotopic (exact) mass is 351 g/mol. The van der Waals surface area contributed by atoms with Crippen molar-refractivity contribution in [1.29, 1.82) is 0 Å². The second kappa shape index (κ2) is 5.80. The van der Waals surface area contributed by atoms with Crippen molar-refractivity contribution in [3.8, 4) is 0 Å². The van der Waals surface area contributed by atoms with Gasteiger partial charge in [-0.3, -0.25) is 4.72 Å². The smallest absolute Gasteiger partial charge is 0.280 e. The number of halogens is 5. The molecule has 0 saturated carbocycles. The molecule has 1 N–H and O–H groups in total. The van der Waals surface area contributed by atoms with Crippen LogP contribution in [0.3, 0.4) is 0 Å². The van der Waals surface area contributed by atoms with Crippen molar-refractivity contribution < 1.29 is 30.4 Å². The number of hydrogen-bond acceptors (Lipinski definition) is 2. The summed E-state index contributed by atoms with van der Waals surface area (Å²) in [5, 5.41) is 0. The highest BCUT2D eigenvalue weighted by Crippen LogP contribution is 2.34. The van der Waals surface area contributed by atoms with E-state index in [-0.39, 0.29) is 5.56 Å². The van der Waals surface area contributed by atoms with E-state index < -0.39 is 44.0 Å². The van der Waals surface area contributed by atoms with E-state index >= 15 is 0 Å². The highest BCUT2D eigenvalue weighted by molar-refractivity contribution is 7.92. The van der Waals surface area contributed by atoms with Crippen molar-refractivity contribution in [3.63, 3.8) is 0 Å². The van der Waals surface area contributed by atoms with Gasteiger partial charge in [0.1, 0.15) is 16.5 Å². The predicted octanol–water partition coefficient (Wildman–Crippen LogP) is 4.09. The summed E-state index contributed by atoms with van der Waals surface area (Å²) in [5.74, 6) is -2.21. The second-order valence-electron chi connectivity index (χ2n) is 4.71. The van der Waals surface area contributed by atoms with E-state index in [2.05, 4.69) is 0 Å². The minimum atomic E-state index is -4.67. The first-order valence-electron chi connectivity index (χ1n) is 6.16. The molecule has 0 amide bonds. The van der Waals surface area contributed by atoms with Crippen molar-refractivity contribution in [2.24, 2.45) is 0 Å². The molecule has 0 aliphatic heterocycles. The van der Waals surface area contributed by atoms with Crippen molar-refractivity contribution in [2.45, 2.75) is 18.0 Å². The Kier molecular flexibility index (Phi) is 4.34. The van der Waals surface area contributed by atoms with Gasteiger partial charge >= 0.3 is 6.18 Å². The van der Waals surface area contributed by atoms with Gasteiger partial charge in [0.2, 0.25) is 0 Å². The zero-order chi connectivity index (χ0) is 17.4. The fourth-order valence-corrected chi connectivity index (χ4v) is 3.02. The Morgan fingerprint density at radius 2 is 1.65 bits per heavy atom. The summed E-state index contributed by atoms with van der Waals surface area (Å²) in [4.78, 5) is -0.994. The number of hydrogen-bond donors (Lipinski definition) is 1. The predicted molar refractivity (Wildman–Crippen MR) is 73.3 cm³/mol. The molecule has 0 atom stereocenters. The Bertz CT molecular complexity index is 847. The number of benzene rings is 2. The topological polar surface area (TPSA) is 46.2 Å². The van der Waals surface area contributed by atoms with Crippen LogP contribution in [-0.4, -0.2) is 8.42 Å². The van der Waals surface area contributed by atoms with Crippen LogP contribution in [0.4, 0.5) is 27.6 Å². The summed E-state index contributed by atoms with van der Waals surface area (Å²) in [7, 11) is -4.57. The van der Waals surface area contributed by atoms with E-state index in [0.717, 1.165) is 18.2 Å². The van der Waals surface area contributed by atoms with Gasteiger partial charge < -0.3 is 0 Å². The summed E-state index contributed by atoms with van der Waals surface area (Å²) in [6, 6.07) is 4.53. The van der Waals surface area contributed by atoms with Crippen molar-refractivity contribution in [1.82, 2.24) is 0 Å². The molecule has 0 aliphatic carbocycles. The molecule has 0 fully saturated rings. The maximum atomic E-state index is 13.5. The Morgan fingerprint density at radius 3 is 2.26 bits per heavy atom. The van der Waals surface area contributed by atoms with Crippen LogP contribution >= 0.6 is 0 Å². The molecule has 0 heterocycles. The highest BCUT2D eigenvalue weighted by atomic mass is 32.2. The molecule has 0 saturated heterocycles. The van der Waals surface area contributed by atoms with Crippen molar-refractivity contribution >= 4 is 15.7 Å². The molecular formula is C14H10F5NO2S. The molecule has 0 radical (unpaired) electrons. The molecule has 0 unspecified atom stereocenters. The van der Waals surface area contributed by atoms with E-state index in [0.29, 0.717) is 18.2 Å². The summed E-state index contributed by atoms with van der Waals surface area (Å²) in [6.45, 7) is 1.22. The molecule has 23 heavy (non-hydrogen) atoms. The number of anilines is 1. The van der Waals surface area contributed by atoms with Crippen LogP contribution in [0.1, 0.15) is 11.1 Å². The van der Waals surface area contributed by atoms with Crippen LogP contribution in [0, 0.1) is 18.6 Å². The quantitative estimate of drug-likeness (QED) is 0.847. The second-order valence-corrected chi connectivity index (χ2v) is 6.36. The first kappa shape index (κ1) is 17.2. The van der Waals surface area contributed by atoms with Crippen LogP contribution in [-0.2, 0) is 16.2 Å². The van der Waals surface area contributed by atoms with Gasteiger partial charge in [0.15, 0.2) is 0 Å². The molecule has 2 aromatic rings. The molecule has 3 nitrogen and oxygen atoms in total. The molecule has 124 valence electrons. The Labute approximate surface area is 128 Å². The number of rotatable bonds is 3. The van der Waals surface area contributed by atoms with Gasteiger partial charge in [0.05, 0.1) is 5.56 Å². The zero-order valence-electron chi connectivity index (χ0n) is 11.6. The minimum absolute atomic E-state index is 0.0996. The molecule has 9 heteroatoms. The first-order valence-corrected chi connectivity index (χ1v) is 7.65. The highest BCUT2D eigenvalue weighted by Gasteiger charge is 2.33. The fraction of sp³-hybridized carbons (Fsp3) is 0.143. The van der Waals surface area contributed by atoms with E-state index in [1.165, 1.54) is 6.92 Å². The molecule has 0 bridgehead atoms. The summed E-state index contributed by atoms with van der Waals surface area (Å²) >= 11 is 0. The van der Waals surface area contributed by atoms with Crippen molar-refractivity contribution in [3.05, 3.63) is 59.2 Å². The van der Waals surface area contributed by atoms with Gasteiger partial charge in [-0.2, -0.15) is 13.2 Å². The van der Waals surface area contributed by atoms with E-state index in [4.69, 9.17) is 0 Å². The number of nitrogens with one attached hydrogen (secondary N) is 1. The van der Waals surface area contributed by atoms with Gasteiger partial charge in [-0.15, -0.1) is 0 Å². The average Bonchev–Trinajstić information content (AvgIpc) is 2.42. The van der Waals surface area contributed by atoms with Gasteiger partial charge in [0.25, 0.3) is 10.0 Å². The fourth-order valence-electron chi connectivity index (χ4n) is 1.88. The molecular weight excluding hydrogens is 341 g/mol. The molecule has 2 rings (SSSR count). The number of aryl methyl sites for hydroxylation is 1. The van der Waals surface area contributed by atoms with Crippen LogP contribution in [0.15, 0.2) is 41.3 Å². The van der Waals surface area contributed by atoms with Crippen LogP contribution in [0.2, 0.25) is 0 Å². The minimum Gasteiger partial charge on any atom is -0.280 e. The van der Waals surface area contributed by atoms with Crippen LogP contribution in [0.25, 0.3) is 0 Å². The van der Waals surface area contributed by atoms with Crippen LogP contribution < -0.4 is 4.72 Å². The first-order chi connectivity index (χ1) is 10.5. The van der Waals surface area contributed by atoms with Gasteiger partial charge in [-0.05, 0) is 42.8 Å². The third kappa shape index (κ3) is 3.79. The lowest BCUT2D eigenvalue weighted by Gasteiger charge is -2.14. The zero-order valence-corrected chi connectivity index (χ0v) is 12.4. The standard InChI is InChI=1S/C14H10F5NO2S/c1-8-2-4-10(7-11(8)14(17,18)19)20-23(21,22)13-6-9(15)3-5-12(13)16/h2-7,20H,1H3. The lowest BCUT2D eigenvalue weighted by Crippen LogP contribution is -2.16.